The number of nitro benzene ring substituents is 1. The van der Waals surface area contributed by atoms with Gasteiger partial charge >= 0.3 is 0 Å². The van der Waals surface area contributed by atoms with E-state index in [2.05, 4.69) is 10.5 Å². The number of ether oxygens (including phenoxy) is 1. The summed E-state index contributed by atoms with van der Waals surface area (Å²) >= 11 is 11.8. The molecule has 3 rings (SSSR count). The van der Waals surface area contributed by atoms with E-state index in [4.69, 9.17) is 27.9 Å². The summed E-state index contributed by atoms with van der Waals surface area (Å²) in [7, 11) is -3.78. The van der Waals surface area contributed by atoms with Gasteiger partial charge in [-0.1, -0.05) is 23.2 Å². The standard InChI is InChI=1S/C23H20Cl2N4O6S/c1-36(33,34)28(19-8-11-21(24)22(25)12-19)14-23(30)27-26-13-16-4-9-20(10-5-16)35-15-17-2-6-18(7-3-17)29(31)32/h2-13H,14-15H2,1H3,(H,27,30)/b26-13+. The Bertz CT molecular complexity index is 1380. The quantitative estimate of drug-likeness (QED) is 0.226. The topological polar surface area (TPSA) is 131 Å². The predicted octanol–water partition coefficient (Wildman–Crippen LogP) is 4.40. The minimum atomic E-state index is -3.78. The lowest BCUT2D eigenvalue weighted by molar-refractivity contribution is -0.384. The molecule has 0 radical (unpaired) electrons. The van der Waals surface area contributed by atoms with Crippen LogP contribution in [0.3, 0.4) is 0 Å². The van der Waals surface area contributed by atoms with Crippen molar-refractivity contribution in [3.8, 4) is 5.75 Å². The Labute approximate surface area is 217 Å². The summed E-state index contributed by atoms with van der Waals surface area (Å²) in [5.74, 6) is -0.0919. The van der Waals surface area contributed by atoms with Gasteiger partial charge in [-0.25, -0.2) is 13.8 Å². The van der Waals surface area contributed by atoms with Crippen LogP contribution in [0.4, 0.5) is 11.4 Å². The first kappa shape index (κ1) is 26.9. The number of benzene rings is 3. The number of halogens is 2. The Morgan fingerprint density at radius 1 is 1.08 bits per heavy atom. The molecule has 10 nitrogen and oxygen atoms in total. The number of nitro groups is 1. The lowest BCUT2D eigenvalue weighted by Gasteiger charge is -2.21. The molecule has 0 unspecified atom stereocenters. The summed E-state index contributed by atoms with van der Waals surface area (Å²) in [4.78, 5) is 22.5. The molecule has 3 aromatic carbocycles. The molecule has 188 valence electrons. The van der Waals surface area contributed by atoms with Crippen molar-refractivity contribution in [3.05, 3.63) is 98.0 Å². The van der Waals surface area contributed by atoms with E-state index in [1.54, 1.807) is 36.4 Å². The van der Waals surface area contributed by atoms with Gasteiger partial charge < -0.3 is 4.74 Å². The van der Waals surface area contributed by atoms with Crippen molar-refractivity contribution in [2.24, 2.45) is 5.10 Å². The van der Waals surface area contributed by atoms with Crippen molar-refractivity contribution in [3.63, 3.8) is 0 Å². The second-order valence-corrected chi connectivity index (χ2v) is 10.2. The maximum absolute atomic E-state index is 12.3. The maximum atomic E-state index is 12.3. The second-order valence-electron chi connectivity index (χ2n) is 7.44. The highest BCUT2D eigenvalue weighted by Gasteiger charge is 2.21. The third-order valence-corrected chi connectivity index (χ3v) is 6.59. The molecule has 3 aromatic rings. The molecule has 1 amide bonds. The van der Waals surface area contributed by atoms with Gasteiger partial charge in [0.15, 0.2) is 0 Å². The van der Waals surface area contributed by atoms with Gasteiger partial charge in [0.05, 0.1) is 33.1 Å². The second kappa shape index (κ2) is 11.8. The summed E-state index contributed by atoms with van der Waals surface area (Å²) < 4.78 is 30.9. The van der Waals surface area contributed by atoms with Gasteiger partial charge in [-0.15, -0.1) is 0 Å². The number of carbonyl (C=O) groups excluding carboxylic acids is 1. The molecule has 0 saturated carbocycles. The van der Waals surface area contributed by atoms with E-state index in [9.17, 15) is 23.3 Å². The van der Waals surface area contributed by atoms with Crippen LogP contribution in [0, 0.1) is 10.1 Å². The molecule has 0 aliphatic heterocycles. The zero-order valence-electron chi connectivity index (χ0n) is 18.8. The molecule has 0 aliphatic carbocycles. The smallest absolute Gasteiger partial charge is 0.269 e. The van der Waals surface area contributed by atoms with Crippen LogP contribution in [0.25, 0.3) is 0 Å². The SMILES string of the molecule is CS(=O)(=O)N(CC(=O)N/N=C/c1ccc(OCc2ccc([N+](=O)[O-])cc2)cc1)c1ccc(Cl)c(Cl)c1. The zero-order valence-corrected chi connectivity index (χ0v) is 21.1. The van der Waals surface area contributed by atoms with E-state index < -0.39 is 27.4 Å². The fourth-order valence-electron chi connectivity index (χ4n) is 2.92. The maximum Gasteiger partial charge on any atom is 0.269 e. The highest BCUT2D eigenvalue weighted by atomic mass is 35.5. The van der Waals surface area contributed by atoms with Gasteiger partial charge in [0.25, 0.3) is 11.6 Å². The molecular formula is C23H20Cl2N4O6S. The molecule has 0 fully saturated rings. The zero-order chi connectivity index (χ0) is 26.3. The monoisotopic (exact) mass is 550 g/mol. The van der Waals surface area contributed by atoms with Gasteiger partial charge in [0.2, 0.25) is 10.0 Å². The van der Waals surface area contributed by atoms with Crippen LogP contribution < -0.4 is 14.5 Å². The van der Waals surface area contributed by atoms with Gasteiger partial charge in [0.1, 0.15) is 18.9 Å². The molecule has 1 N–H and O–H groups in total. The molecule has 0 saturated heterocycles. The number of rotatable bonds is 10. The Balaban J connectivity index is 1.54. The molecule has 36 heavy (non-hydrogen) atoms. The van der Waals surface area contributed by atoms with Crippen molar-refractivity contribution < 1.29 is 22.9 Å². The summed E-state index contributed by atoms with van der Waals surface area (Å²) in [6.45, 7) is -0.277. The van der Waals surface area contributed by atoms with E-state index in [0.29, 0.717) is 11.3 Å². The molecule has 0 heterocycles. The minimum absolute atomic E-state index is 0.00730. The minimum Gasteiger partial charge on any atom is -0.489 e. The number of nitrogens with zero attached hydrogens (tertiary/aromatic N) is 3. The number of amides is 1. The van der Waals surface area contributed by atoms with Crippen LogP contribution in [0.2, 0.25) is 10.0 Å². The summed E-state index contributed by atoms with van der Waals surface area (Å²) in [6, 6.07) is 17.1. The number of hydrogen-bond donors (Lipinski definition) is 1. The van der Waals surface area contributed by atoms with Gasteiger partial charge in [-0.2, -0.15) is 5.10 Å². The normalized spacial score (nSPS) is 11.3. The highest BCUT2D eigenvalue weighted by molar-refractivity contribution is 7.92. The number of hydrogen-bond acceptors (Lipinski definition) is 7. The Morgan fingerprint density at radius 2 is 1.75 bits per heavy atom. The molecular weight excluding hydrogens is 531 g/mol. The van der Waals surface area contributed by atoms with E-state index in [-0.39, 0.29) is 28.0 Å². The van der Waals surface area contributed by atoms with Crippen LogP contribution in [-0.2, 0) is 21.4 Å². The van der Waals surface area contributed by atoms with Crippen LogP contribution in [0.5, 0.6) is 5.75 Å². The number of nitrogens with one attached hydrogen (secondary N) is 1. The Hall–Kier alpha value is -3.67. The van der Waals surface area contributed by atoms with Crippen molar-refractivity contribution in [2.45, 2.75) is 6.61 Å². The molecule has 13 heteroatoms. The van der Waals surface area contributed by atoms with Crippen LogP contribution in [-0.4, -0.2) is 38.3 Å². The average molecular weight is 551 g/mol. The highest BCUT2D eigenvalue weighted by Crippen LogP contribution is 2.28. The van der Waals surface area contributed by atoms with Crippen molar-refractivity contribution in [2.75, 3.05) is 17.1 Å². The fraction of sp³-hybridized carbons (Fsp3) is 0.130. The van der Waals surface area contributed by atoms with Crippen molar-refractivity contribution in [1.29, 1.82) is 0 Å². The van der Waals surface area contributed by atoms with Crippen molar-refractivity contribution >= 4 is 56.7 Å². The number of hydrazone groups is 1. The third kappa shape index (κ3) is 7.67. The third-order valence-electron chi connectivity index (χ3n) is 4.71. The molecule has 0 atom stereocenters. The van der Waals surface area contributed by atoms with E-state index >= 15 is 0 Å². The summed E-state index contributed by atoms with van der Waals surface area (Å²) in [5, 5.41) is 15.0. The van der Waals surface area contributed by atoms with Crippen LogP contribution >= 0.6 is 23.2 Å². The van der Waals surface area contributed by atoms with Gasteiger partial charge in [-0.05, 0) is 65.7 Å². The lowest BCUT2D eigenvalue weighted by Crippen LogP contribution is -2.39. The lowest BCUT2D eigenvalue weighted by atomic mass is 10.2. The summed E-state index contributed by atoms with van der Waals surface area (Å²) in [6.07, 6.45) is 2.36. The number of non-ortho nitro benzene ring substituents is 1. The van der Waals surface area contributed by atoms with Crippen LogP contribution in [0.15, 0.2) is 71.8 Å². The molecule has 0 aromatic heterocycles. The number of carbonyl (C=O) groups is 1. The largest absolute Gasteiger partial charge is 0.489 e. The first-order valence-electron chi connectivity index (χ1n) is 10.2. The first-order valence-corrected chi connectivity index (χ1v) is 12.8. The Kier molecular flexibility index (Phi) is 8.86. The van der Waals surface area contributed by atoms with Crippen LogP contribution in [0.1, 0.15) is 11.1 Å². The van der Waals surface area contributed by atoms with E-state index in [0.717, 1.165) is 16.1 Å². The van der Waals surface area contributed by atoms with Gasteiger partial charge in [-0.3, -0.25) is 19.2 Å². The molecule has 0 aliphatic rings. The molecule has 0 spiro atoms. The first-order chi connectivity index (χ1) is 17.0. The number of sulfonamides is 1. The molecule has 0 bridgehead atoms. The predicted molar refractivity (Wildman–Crippen MR) is 138 cm³/mol. The van der Waals surface area contributed by atoms with Gasteiger partial charge in [0, 0.05) is 12.1 Å². The number of anilines is 1. The summed E-state index contributed by atoms with van der Waals surface area (Å²) in [5.41, 5.74) is 3.92. The fourth-order valence-corrected chi connectivity index (χ4v) is 4.06. The Morgan fingerprint density at radius 3 is 2.33 bits per heavy atom. The van der Waals surface area contributed by atoms with Crippen molar-refractivity contribution in [1.82, 2.24) is 5.43 Å². The van der Waals surface area contributed by atoms with E-state index in [1.807, 2.05) is 0 Å². The average Bonchev–Trinajstić information content (AvgIpc) is 2.83. The van der Waals surface area contributed by atoms with E-state index in [1.165, 1.54) is 36.5 Å².